The summed E-state index contributed by atoms with van der Waals surface area (Å²) in [5, 5.41) is 2.40. The van der Waals surface area contributed by atoms with Crippen LogP contribution in [-0.4, -0.2) is 15.9 Å². The molecule has 0 aliphatic carbocycles. The number of aromatic nitrogens is 2. The van der Waals surface area contributed by atoms with Gasteiger partial charge in [-0.1, -0.05) is 6.07 Å². The van der Waals surface area contributed by atoms with Gasteiger partial charge in [-0.25, -0.2) is 9.37 Å². The average Bonchev–Trinajstić information content (AvgIpc) is 2.29. The Balaban J connectivity index is 2.23. The topological polar surface area (TPSA) is 74.8 Å². The van der Waals surface area contributed by atoms with E-state index < -0.39 is 17.3 Å². The van der Waals surface area contributed by atoms with Gasteiger partial charge in [-0.3, -0.25) is 9.59 Å². The van der Waals surface area contributed by atoms with E-state index in [1.165, 1.54) is 24.5 Å². The highest BCUT2D eigenvalue weighted by atomic mass is 19.1. The molecule has 1 aromatic carbocycles. The summed E-state index contributed by atoms with van der Waals surface area (Å²) in [6.07, 6.45) is 2.33. The van der Waals surface area contributed by atoms with Crippen molar-refractivity contribution in [3.05, 3.63) is 58.5 Å². The van der Waals surface area contributed by atoms with Crippen LogP contribution >= 0.6 is 0 Å². The zero-order chi connectivity index (χ0) is 12.3. The Kier molecular flexibility index (Phi) is 2.95. The van der Waals surface area contributed by atoms with Gasteiger partial charge in [0.25, 0.3) is 11.5 Å². The van der Waals surface area contributed by atoms with E-state index in [0.717, 1.165) is 12.3 Å². The van der Waals surface area contributed by atoms with Gasteiger partial charge in [0.1, 0.15) is 11.4 Å². The molecule has 0 bridgehead atoms. The molecule has 1 amide bonds. The van der Waals surface area contributed by atoms with E-state index in [-0.39, 0.29) is 11.3 Å². The molecule has 2 aromatic rings. The molecule has 0 unspecified atom stereocenters. The lowest BCUT2D eigenvalue weighted by molar-refractivity contribution is 0.102. The zero-order valence-electron chi connectivity index (χ0n) is 8.61. The third kappa shape index (κ3) is 2.54. The maximum Gasteiger partial charge on any atom is 0.263 e. The van der Waals surface area contributed by atoms with Gasteiger partial charge in [0.05, 0.1) is 6.33 Å². The normalized spacial score (nSPS) is 9.94. The molecule has 0 saturated heterocycles. The van der Waals surface area contributed by atoms with E-state index in [9.17, 15) is 14.0 Å². The van der Waals surface area contributed by atoms with Gasteiger partial charge < -0.3 is 10.3 Å². The number of nitrogens with zero attached hydrogens (tertiary/aromatic N) is 1. The molecule has 17 heavy (non-hydrogen) atoms. The SMILES string of the molecule is O=C(Nc1cccc(F)c1)c1cnc[nH]c1=O. The van der Waals surface area contributed by atoms with E-state index in [1.54, 1.807) is 0 Å². The van der Waals surface area contributed by atoms with E-state index in [1.807, 2.05) is 0 Å². The Bertz CT molecular complexity index is 609. The summed E-state index contributed by atoms with van der Waals surface area (Å²) in [5.41, 5.74) is -0.399. The first-order valence-corrected chi connectivity index (χ1v) is 4.76. The van der Waals surface area contributed by atoms with E-state index in [2.05, 4.69) is 15.3 Å². The minimum Gasteiger partial charge on any atom is -0.322 e. The highest BCUT2D eigenvalue weighted by molar-refractivity contribution is 6.03. The van der Waals surface area contributed by atoms with Crippen molar-refractivity contribution < 1.29 is 9.18 Å². The van der Waals surface area contributed by atoms with Crippen molar-refractivity contribution in [3.63, 3.8) is 0 Å². The van der Waals surface area contributed by atoms with Gasteiger partial charge in [-0.15, -0.1) is 0 Å². The number of amides is 1. The molecule has 0 spiro atoms. The summed E-state index contributed by atoms with van der Waals surface area (Å²) >= 11 is 0. The fourth-order valence-electron chi connectivity index (χ4n) is 1.27. The van der Waals surface area contributed by atoms with Gasteiger partial charge in [0.2, 0.25) is 0 Å². The first-order valence-electron chi connectivity index (χ1n) is 4.76. The second kappa shape index (κ2) is 4.56. The maximum absolute atomic E-state index is 12.9. The summed E-state index contributed by atoms with van der Waals surface area (Å²) in [6, 6.07) is 5.39. The number of nitrogens with one attached hydrogen (secondary N) is 2. The summed E-state index contributed by atoms with van der Waals surface area (Å²) in [5.74, 6) is -1.10. The van der Waals surface area contributed by atoms with E-state index in [0.29, 0.717) is 0 Å². The second-order valence-electron chi connectivity index (χ2n) is 3.26. The zero-order valence-corrected chi connectivity index (χ0v) is 8.61. The van der Waals surface area contributed by atoms with Gasteiger partial charge >= 0.3 is 0 Å². The fraction of sp³-hybridized carbons (Fsp3) is 0. The summed E-state index contributed by atoms with van der Waals surface area (Å²) in [7, 11) is 0. The van der Waals surface area contributed by atoms with Crippen molar-refractivity contribution in [3.8, 4) is 0 Å². The van der Waals surface area contributed by atoms with Gasteiger partial charge in [0.15, 0.2) is 0 Å². The standard InChI is InChI=1S/C11H8FN3O2/c12-7-2-1-3-8(4-7)15-11(17)9-5-13-6-14-10(9)16/h1-6H,(H,15,17)(H,13,14,16). The van der Waals surface area contributed by atoms with Crippen LogP contribution < -0.4 is 10.9 Å². The summed E-state index contributed by atoms with van der Waals surface area (Å²) in [4.78, 5) is 28.9. The lowest BCUT2D eigenvalue weighted by Gasteiger charge is -2.03. The second-order valence-corrected chi connectivity index (χ2v) is 3.26. The number of aromatic amines is 1. The van der Waals surface area contributed by atoms with Crippen LogP contribution in [0.3, 0.4) is 0 Å². The monoisotopic (exact) mass is 233 g/mol. The highest BCUT2D eigenvalue weighted by Crippen LogP contribution is 2.09. The van der Waals surface area contributed by atoms with E-state index in [4.69, 9.17) is 0 Å². The number of halogens is 1. The molecule has 1 aromatic heterocycles. The first-order chi connectivity index (χ1) is 8.16. The van der Waals surface area contributed by atoms with Crippen LogP contribution in [0.5, 0.6) is 0 Å². The number of carbonyl (C=O) groups excluding carboxylic acids is 1. The Morgan fingerprint density at radius 3 is 2.94 bits per heavy atom. The molecule has 86 valence electrons. The first kappa shape index (κ1) is 11.0. The molecule has 2 N–H and O–H groups in total. The predicted octanol–water partition coefficient (Wildman–Crippen LogP) is 1.16. The molecule has 0 radical (unpaired) electrons. The Morgan fingerprint density at radius 2 is 2.24 bits per heavy atom. The number of anilines is 1. The molecule has 0 fully saturated rings. The third-order valence-electron chi connectivity index (χ3n) is 2.05. The average molecular weight is 233 g/mol. The van der Waals surface area contributed by atoms with Crippen molar-refractivity contribution in [2.24, 2.45) is 0 Å². The number of hydrogen-bond donors (Lipinski definition) is 2. The maximum atomic E-state index is 12.9. The molecule has 6 heteroatoms. The molecule has 0 aliphatic rings. The van der Waals surface area contributed by atoms with Crippen molar-refractivity contribution in [2.75, 3.05) is 5.32 Å². The Hall–Kier alpha value is -2.50. The van der Waals surface area contributed by atoms with Crippen LogP contribution in [-0.2, 0) is 0 Å². The van der Waals surface area contributed by atoms with Crippen molar-refractivity contribution in [2.45, 2.75) is 0 Å². The van der Waals surface area contributed by atoms with Gasteiger partial charge in [0, 0.05) is 11.9 Å². The summed E-state index contributed by atoms with van der Waals surface area (Å²) < 4.78 is 12.9. The minimum absolute atomic E-state index is 0.128. The van der Waals surface area contributed by atoms with Gasteiger partial charge in [-0.05, 0) is 18.2 Å². The Labute approximate surface area is 95.3 Å². The highest BCUT2D eigenvalue weighted by Gasteiger charge is 2.10. The smallest absolute Gasteiger partial charge is 0.263 e. The largest absolute Gasteiger partial charge is 0.322 e. The number of hydrogen-bond acceptors (Lipinski definition) is 3. The lowest BCUT2D eigenvalue weighted by atomic mass is 10.2. The van der Waals surface area contributed by atoms with E-state index >= 15 is 0 Å². The Morgan fingerprint density at radius 1 is 1.41 bits per heavy atom. The number of H-pyrrole nitrogens is 1. The van der Waals surface area contributed by atoms with Crippen molar-refractivity contribution in [1.29, 1.82) is 0 Å². The molecule has 0 saturated carbocycles. The predicted molar refractivity (Wildman–Crippen MR) is 59.2 cm³/mol. The minimum atomic E-state index is -0.634. The molecule has 0 aliphatic heterocycles. The number of benzene rings is 1. The van der Waals surface area contributed by atoms with Crippen LogP contribution in [0.2, 0.25) is 0 Å². The van der Waals surface area contributed by atoms with Crippen molar-refractivity contribution in [1.82, 2.24) is 9.97 Å². The lowest BCUT2D eigenvalue weighted by Crippen LogP contribution is -2.23. The number of rotatable bonds is 2. The van der Waals surface area contributed by atoms with Crippen LogP contribution in [0, 0.1) is 5.82 Å². The van der Waals surface area contributed by atoms with Crippen LogP contribution in [0.1, 0.15) is 10.4 Å². The molecule has 1 heterocycles. The third-order valence-corrected chi connectivity index (χ3v) is 2.05. The van der Waals surface area contributed by atoms with Crippen LogP contribution in [0.4, 0.5) is 10.1 Å². The molecule has 5 nitrogen and oxygen atoms in total. The molecule has 2 rings (SSSR count). The quantitative estimate of drug-likeness (QED) is 0.817. The van der Waals surface area contributed by atoms with Crippen LogP contribution in [0.25, 0.3) is 0 Å². The molecular weight excluding hydrogens is 225 g/mol. The molecule has 0 atom stereocenters. The van der Waals surface area contributed by atoms with Gasteiger partial charge in [-0.2, -0.15) is 0 Å². The fourth-order valence-corrected chi connectivity index (χ4v) is 1.27. The van der Waals surface area contributed by atoms with Crippen molar-refractivity contribution >= 4 is 11.6 Å². The summed E-state index contributed by atoms with van der Waals surface area (Å²) in [6.45, 7) is 0. The van der Waals surface area contributed by atoms with Crippen LogP contribution in [0.15, 0.2) is 41.6 Å². The molecular formula is C11H8FN3O2. The number of carbonyl (C=O) groups is 1.